The highest BCUT2D eigenvalue weighted by atomic mass is 79.9. The lowest BCUT2D eigenvalue weighted by Gasteiger charge is -2.44. The van der Waals surface area contributed by atoms with E-state index in [1.165, 1.54) is 61.2 Å². The van der Waals surface area contributed by atoms with Gasteiger partial charge >= 0.3 is 0 Å². The van der Waals surface area contributed by atoms with Crippen molar-refractivity contribution < 1.29 is 26.3 Å². The Kier molecular flexibility index (Phi) is 11.1. The summed E-state index contributed by atoms with van der Waals surface area (Å²) in [7, 11) is 0. The molecular formula is C31H30Br2F6N6. The molecule has 0 aromatic carbocycles. The average molecular weight is 760 g/mol. The normalized spacial score (nSPS) is 23.4. The molecule has 4 aromatic rings. The third-order valence-electron chi connectivity index (χ3n) is 7.77. The van der Waals surface area contributed by atoms with Gasteiger partial charge in [-0.1, -0.05) is 7.43 Å². The van der Waals surface area contributed by atoms with Gasteiger partial charge in [0.1, 0.15) is 24.0 Å². The van der Waals surface area contributed by atoms with Crippen molar-refractivity contribution in [1.29, 1.82) is 0 Å². The first-order valence-electron chi connectivity index (χ1n) is 13.6. The fourth-order valence-electron chi connectivity index (χ4n) is 5.57. The largest absolute Gasteiger partial charge is 0.367 e. The van der Waals surface area contributed by atoms with Crippen molar-refractivity contribution in [3.63, 3.8) is 0 Å². The van der Waals surface area contributed by atoms with Gasteiger partial charge in [0, 0.05) is 57.7 Å². The van der Waals surface area contributed by atoms with E-state index in [4.69, 9.17) is 0 Å². The van der Waals surface area contributed by atoms with Crippen LogP contribution in [-0.4, -0.2) is 45.4 Å². The highest BCUT2D eigenvalue weighted by Gasteiger charge is 2.49. The Morgan fingerprint density at radius 1 is 0.644 bits per heavy atom. The van der Waals surface area contributed by atoms with Crippen LogP contribution in [0.15, 0.2) is 70.1 Å². The summed E-state index contributed by atoms with van der Waals surface area (Å²) in [6, 6.07) is 8.13. The van der Waals surface area contributed by atoms with E-state index >= 15 is 0 Å². The molecule has 240 valence electrons. The molecule has 2 N–H and O–H groups in total. The van der Waals surface area contributed by atoms with Crippen molar-refractivity contribution in [2.45, 2.75) is 56.3 Å². The molecule has 0 amide bonds. The molecule has 4 heterocycles. The molecule has 0 bridgehead atoms. The molecule has 0 unspecified atom stereocenters. The van der Waals surface area contributed by atoms with E-state index in [0.29, 0.717) is 8.95 Å². The number of rotatable bonds is 8. The van der Waals surface area contributed by atoms with Gasteiger partial charge in [-0.15, -0.1) is 0 Å². The zero-order chi connectivity index (χ0) is 31.5. The number of alkyl halides is 2. The van der Waals surface area contributed by atoms with Crippen molar-refractivity contribution in [1.82, 2.24) is 19.9 Å². The standard InChI is InChI=1S/2C15H13BrF3N3.CH4/c2*16-9-4-12(19)14(21-7-9)22-8-15(5-10(17)6-15)13-11(18)2-1-3-20-13;/h2*1-4,7,10H,5-6,8H2,(H,21,22);1H4. The van der Waals surface area contributed by atoms with E-state index in [1.54, 1.807) is 0 Å². The van der Waals surface area contributed by atoms with E-state index < -0.39 is 46.4 Å². The van der Waals surface area contributed by atoms with Gasteiger partial charge in [0.25, 0.3) is 0 Å². The molecule has 2 fully saturated rings. The minimum atomic E-state index is -0.995. The Labute approximate surface area is 273 Å². The summed E-state index contributed by atoms with van der Waals surface area (Å²) in [4.78, 5) is 16.0. The molecule has 0 spiro atoms. The fourth-order valence-corrected chi connectivity index (χ4v) is 6.17. The topological polar surface area (TPSA) is 75.6 Å². The van der Waals surface area contributed by atoms with E-state index in [-0.39, 0.29) is 69.2 Å². The highest BCUT2D eigenvalue weighted by molar-refractivity contribution is 9.10. The molecule has 6 nitrogen and oxygen atoms in total. The predicted molar refractivity (Wildman–Crippen MR) is 168 cm³/mol. The van der Waals surface area contributed by atoms with Crippen LogP contribution in [0.3, 0.4) is 0 Å². The summed E-state index contributed by atoms with van der Waals surface area (Å²) < 4.78 is 83.4. The van der Waals surface area contributed by atoms with Gasteiger partial charge in [0.15, 0.2) is 23.3 Å². The third-order valence-corrected chi connectivity index (χ3v) is 8.64. The number of nitrogens with zero attached hydrogens (tertiary/aromatic N) is 4. The van der Waals surface area contributed by atoms with Gasteiger partial charge in [0.05, 0.1) is 11.4 Å². The zero-order valence-corrected chi connectivity index (χ0v) is 26.2. The number of aromatic nitrogens is 4. The summed E-state index contributed by atoms with van der Waals surface area (Å²) in [5.74, 6) is -1.88. The van der Waals surface area contributed by atoms with E-state index in [0.717, 1.165) is 0 Å². The molecule has 0 atom stereocenters. The van der Waals surface area contributed by atoms with Gasteiger partial charge in [-0.25, -0.2) is 36.3 Å². The van der Waals surface area contributed by atoms with Crippen LogP contribution >= 0.6 is 31.9 Å². The molecule has 0 saturated heterocycles. The smallest absolute Gasteiger partial charge is 0.166 e. The first-order valence-corrected chi connectivity index (χ1v) is 15.2. The Morgan fingerprint density at radius 3 is 1.33 bits per heavy atom. The molecule has 2 aliphatic carbocycles. The number of pyridine rings is 4. The van der Waals surface area contributed by atoms with Crippen molar-refractivity contribution >= 4 is 43.5 Å². The lowest BCUT2D eigenvalue weighted by molar-refractivity contribution is 0.0960. The molecule has 4 aromatic heterocycles. The molecule has 0 radical (unpaired) electrons. The second kappa shape index (κ2) is 14.4. The number of hydrogen-bond acceptors (Lipinski definition) is 6. The maximum atomic E-state index is 14.0. The van der Waals surface area contributed by atoms with Crippen LogP contribution in [0, 0.1) is 23.3 Å². The molecule has 6 rings (SSSR count). The third kappa shape index (κ3) is 7.76. The molecule has 0 aliphatic heterocycles. The van der Waals surface area contributed by atoms with Crippen LogP contribution in [0.1, 0.15) is 44.5 Å². The number of halogens is 8. The Bertz CT molecular complexity index is 1500. The van der Waals surface area contributed by atoms with Crippen LogP contribution in [0.5, 0.6) is 0 Å². The Morgan fingerprint density at radius 2 is 1.02 bits per heavy atom. The minimum absolute atomic E-state index is 0. The predicted octanol–water partition coefficient (Wildman–Crippen LogP) is 8.63. The van der Waals surface area contributed by atoms with Crippen molar-refractivity contribution in [2.75, 3.05) is 23.7 Å². The maximum Gasteiger partial charge on any atom is 0.166 e. The summed E-state index contributed by atoms with van der Waals surface area (Å²) >= 11 is 6.25. The van der Waals surface area contributed by atoms with Gasteiger partial charge in [-0.3, -0.25) is 9.97 Å². The molecule has 2 aliphatic rings. The number of hydrogen-bond donors (Lipinski definition) is 2. The van der Waals surface area contributed by atoms with Gasteiger partial charge < -0.3 is 10.6 Å². The summed E-state index contributed by atoms with van der Waals surface area (Å²) in [6.07, 6.45) is 4.51. The highest BCUT2D eigenvalue weighted by Crippen LogP contribution is 2.46. The lowest BCUT2D eigenvalue weighted by Crippen LogP contribution is -2.49. The minimum Gasteiger partial charge on any atom is -0.367 e. The van der Waals surface area contributed by atoms with Gasteiger partial charge in [-0.05, 0) is 93.9 Å². The average Bonchev–Trinajstić information content (AvgIpc) is 2.95. The first-order chi connectivity index (χ1) is 21.0. The quantitative estimate of drug-likeness (QED) is 0.175. The monoisotopic (exact) mass is 758 g/mol. The Balaban J connectivity index is 0.000000200. The van der Waals surface area contributed by atoms with Crippen LogP contribution in [0.2, 0.25) is 0 Å². The molecule has 2 saturated carbocycles. The van der Waals surface area contributed by atoms with E-state index in [9.17, 15) is 26.3 Å². The summed E-state index contributed by atoms with van der Waals surface area (Å²) in [5, 5.41) is 5.70. The van der Waals surface area contributed by atoms with Gasteiger partial charge in [0.2, 0.25) is 0 Å². The SMILES string of the molecule is C.Fc1cc(Br)cnc1NCC1(c2ncccc2F)CC(F)C1.Fc1cc(Br)cnc1NCC1(c2ncccc2F)CC(F)C1. The second-order valence-electron chi connectivity index (χ2n) is 10.9. The van der Waals surface area contributed by atoms with Crippen LogP contribution in [-0.2, 0) is 10.8 Å². The summed E-state index contributed by atoms with van der Waals surface area (Å²) in [6.45, 7) is 0.347. The van der Waals surface area contributed by atoms with Crippen LogP contribution in [0.4, 0.5) is 38.0 Å². The molecule has 14 heteroatoms. The van der Waals surface area contributed by atoms with Crippen molar-refractivity contribution in [3.8, 4) is 0 Å². The lowest BCUT2D eigenvalue weighted by atomic mass is 9.65. The van der Waals surface area contributed by atoms with E-state index in [1.807, 2.05) is 0 Å². The van der Waals surface area contributed by atoms with Crippen LogP contribution < -0.4 is 10.6 Å². The fraction of sp³-hybridized carbons (Fsp3) is 0.355. The van der Waals surface area contributed by atoms with Crippen molar-refractivity contribution in [3.05, 3.63) is 105 Å². The maximum absolute atomic E-state index is 14.0. The Hall–Kier alpha value is -3.26. The van der Waals surface area contributed by atoms with Gasteiger partial charge in [-0.2, -0.15) is 0 Å². The molecular weight excluding hydrogens is 730 g/mol. The number of anilines is 2. The first kappa shape index (κ1) is 34.6. The van der Waals surface area contributed by atoms with Crippen molar-refractivity contribution in [2.24, 2.45) is 0 Å². The molecule has 45 heavy (non-hydrogen) atoms. The summed E-state index contributed by atoms with van der Waals surface area (Å²) in [5.41, 5.74) is -1.11. The number of nitrogens with one attached hydrogen (secondary N) is 2. The zero-order valence-electron chi connectivity index (χ0n) is 23.0. The second-order valence-corrected chi connectivity index (χ2v) is 12.7. The van der Waals surface area contributed by atoms with E-state index in [2.05, 4.69) is 62.4 Å². The van der Waals surface area contributed by atoms with Crippen LogP contribution in [0.25, 0.3) is 0 Å².